The summed E-state index contributed by atoms with van der Waals surface area (Å²) in [4.78, 5) is 4.62. The standard InChI is InChI=1S/C17H21N3O2/c18-17(9-5-10-17)16-19-15(22-20-16)13-8-4-11-21-14(13)12-6-2-1-3-7-12/h1-3,6-7,13-14H,4-5,8-11,18H2. The highest BCUT2D eigenvalue weighted by Gasteiger charge is 2.40. The number of hydrogen-bond acceptors (Lipinski definition) is 5. The molecule has 2 heterocycles. The van der Waals surface area contributed by atoms with Crippen molar-refractivity contribution in [2.45, 2.75) is 49.7 Å². The maximum absolute atomic E-state index is 6.30. The van der Waals surface area contributed by atoms with E-state index in [-0.39, 0.29) is 17.6 Å². The second kappa shape index (κ2) is 5.48. The monoisotopic (exact) mass is 299 g/mol. The molecule has 0 spiro atoms. The van der Waals surface area contributed by atoms with Crippen LogP contribution in [0.2, 0.25) is 0 Å². The van der Waals surface area contributed by atoms with Gasteiger partial charge in [0.2, 0.25) is 5.89 Å². The zero-order valence-electron chi connectivity index (χ0n) is 12.6. The molecular weight excluding hydrogens is 278 g/mol. The van der Waals surface area contributed by atoms with Gasteiger partial charge in [-0.25, -0.2) is 0 Å². The highest BCUT2D eigenvalue weighted by Crippen LogP contribution is 2.42. The first-order valence-corrected chi connectivity index (χ1v) is 8.06. The van der Waals surface area contributed by atoms with Gasteiger partial charge in [-0.3, -0.25) is 0 Å². The quantitative estimate of drug-likeness (QED) is 0.943. The third kappa shape index (κ3) is 2.34. The highest BCUT2D eigenvalue weighted by atomic mass is 16.5. The molecule has 1 aliphatic heterocycles. The van der Waals surface area contributed by atoms with Gasteiger partial charge in [0, 0.05) is 6.61 Å². The molecule has 22 heavy (non-hydrogen) atoms. The lowest BCUT2D eigenvalue weighted by molar-refractivity contribution is -0.0103. The Balaban J connectivity index is 1.62. The minimum absolute atomic E-state index is 0.0154. The summed E-state index contributed by atoms with van der Waals surface area (Å²) < 4.78 is 11.6. The summed E-state index contributed by atoms with van der Waals surface area (Å²) in [5.74, 6) is 1.44. The summed E-state index contributed by atoms with van der Waals surface area (Å²) in [7, 11) is 0. The van der Waals surface area contributed by atoms with Crippen molar-refractivity contribution in [3.05, 3.63) is 47.6 Å². The van der Waals surface area contributed by atoms with Crippen molar-refractivity contribution in [1.29, 1.82) is 0 Å². The first-order chi connectivity index (χ1) is 10.8. The molecule has 2 unspecified atom stereocenters. The van der Waals surface area contributed by atoms with Crippen LogP contribution in [-0.2, 0) is 10.3 Å². The molecule has 1 saturated carbocycles. The molecule has 2 aliphatic rings. The number of nitrogens with two attached hydrogens (primary N) is 1. The van der Waals surface area contributed by atoms with Gasteiger partial charge >= 0.3 is 0 Å². The fraction of sp³-hybridized carbons (Fsp3) is 0.529. The average Bonchev–Trinajstić information content (AvgIpc) is 3.04. The van der Waals surface area contributed by atoms with Gasteiger partial charge in [-0.15, -0.1) is 0 Å². The molecule has 2 aromatic rings. The first-order valence-electron chi connectivity index (χ1n) is 8.06. The molecule has 1 aliphatic carbocycles. The van der Waals surface area contributed by atoms with Crippen molar-refractivity contribution in [1.82, 2.24) is 10.1 Å². The number of rotatable bonds is 3. The molecule has 1 aromatic carbocycles. The van der Waals surface area contributed by atoms with Gasteiger partial charge in [-0.1, -0.05) is 35.5 Å². The van der Waals surface area contributed by atoms with E-state index in [1.807, 2.05) is 18.2 Å². The van der Waals surface area contributed by atoms with Crippen molar-refractivity contribution < 1.29 is 9.26 Å². The summed E-state index contributed by atoms with van der Waals surface area (Å²) in [6, 6.07) is 10.3. The lowest BCUT2D eigenvalue weighted by atomic mass is 9.77. The average molecular weight is 299 g/mol. The van der Waals surface area contributed by atoms with Gasteiger partial charge < -0.3 is 15.0 Å². The zero-order chi connectivity index (χ0) is 15.0. The van der Waals surface area contributed by atoms with Gasteiger partial charge in [0.25, 0.3) is 0 Å². The molecule has 1 saturated heterocycles. The minimum Gasteiger partial charge on any atom is -0.373 e. The van der Waals surface area contributed by atoms with E-state index >= 15 is 0 Å². The molecule has 0 radical (unpaired) electrons. The maximum atomic E-state index is 6.30. The number of benzene rings is 1. The second-order valence-corrected chi connectivity index (χ2v) is 6.42. The topological polar surface area (TPSA) is 74.2 Å². The predicted molar refractivity (Wildman–Crippen MR) is 81.1 cm³/mol. The molecule has 5 nitrogen and oxygen atoms in total. The number of hydrogen-bond donors (Lipinski definition) is 1. The van der Waals surface area contributed by atoms with Gasteiger partial charge in [0.1, 0.15) is 0 Å². The summed E-state index contributed by atoms with van der Waals surface area (Å²) in [5, 5.41) is 4.15. The lowest BCUT2D eigenvalue weighted by Crippen LogP contribution is -2.44. The Morgan fingerprint density at radius 3 is 2.68 bits per heavy atom. The Labute approximate surface area is 129 Å². The van der Waals surface area contributed by atoms with E-state index in [0.29, 0.717) is 11.7 Å². The molecule has 0 bridgehead atoms. The number of ether oxygens (including phenoxy) is 1. The largest absolute Gasteiger partial charge is 0.373 e. The Kier molecular flexibility index (Phi) is 3.47. The van der Waals surface area contributed by atoms with Crippen molar-refractivity contribution in [3.8, 4) is 0 Å². The molecule has 2 N–H and O–H groups in total. The van der Waals surface area contributed by atoms with Crippen LogP contribution in [0, 0.1) is 0 Å². The van der Waals surface area contributed by atoms with E-state index in [2.05, 4.69) is 22.3 Å². The summed E-state index contributed by atoms with van der Waals surface area (Å²) in [6.07, 6.45) is 5.01. The Morgan fingerprint density at radius 1 is 1.14 bits per heavy atom. The molecule has 4 rings (SSSR count). The summed E-state index contributed by atoms with van der Waals surface area (Å²) >= 11 is 0. The van der Waals surface area contributed by atoms with Crippen LogP contribution in [-0.4, -0.2) is 16.7 Å². The van der Waals surface area contributed by atoms with E-state index in [4.69, 9.17) is 15.0 Å². The molecule has 2 atom stereocenters. The Morgan fingerprint density at radius 2 is 1.95 bits per heavy atom. The lowest BCUT2D eigenvalue weighted by Gasteiger charge is -2.34. The SMILES string of the molecule is NC1(c2noc(C3CCCOC3c3ccccc3)n2)CCC1. The molecule has 2 fully saturated rings. The molecular formula is C17H21N3O2. The number of nitrogens with zero attached hydrogens (tertiary/aromatic N) is 2. The summed E-state index contributed by atoms with van der Waals surface area (Å²) in [5.41, 5.74) is 7.09. The van der Waals surface area contributed by atoms with E-state index in [1.54, 1.807) is 0 Å². The molecule has 0 amide bonds. The van der Waals surface area contributed by atoms with Crippen molar-refractivity contribution in [2.24, 2.45) is 5.73 Å². The van der Waals surface area contributed by atoms with Gasteiger partial charge in [-0.2, -0.15) is 4.98 Å². The van der Waals surface area contributed by atoms with E-state index in [0.717, 1.165) is 44.3 Å². The van der Waals surface area contributed by atoms with Crippen molar-refractivity contribution in [3.63, 3.8) is 0 Å². The smallest absolute Gasteiger partial charge is 0.232 e. The normalized spacial score (nSPS) is 27.3. The highest BCUT2D eigenvalue weighted by molar-refractivity contribution is 5.22. The van der Waals surface area contributed by atoms with Crippen LogP contribution >= 0.6 is 0 Å². The Bertz CT molecular complexity index is 636. The molecule has 5 heteroatoms. The predicted octanol–water partition coefficient (Wildman–Crippen LogP) is 3.04. The summed E-state index contributed by atoms with van der Waals surface area (Å²) in [6.45, 7) is 0.776. The van der Waals surface area contributed by atoms with Gasteiger partial charge in [-0.05, 0) is 37.7 Å². The molecule has 116 valence electrons. The Hall–Kier alpha value is -1.72. The number of aromatic nitrogens is 2. The van der Waals surface area contributed by atoms with Crippen LogP contribution in [0.25, 0.3) is 0 Å². The third-order valence-corrected chi connectivity index (χ3v) is 4.90. The minimum atomic E-state index is -0.375. The van der Waals surface area contributed by atoms with E-state index < -0.39 is 0 Å². The first kappa shape index (κ1) is 13.9. The maximum Gasteiger partial charge on any atom is 0.232 e. The van der Waals surface area contributed by atoms with E-state index in [9.17, 15) is 0 Å². The van der Waals surface area contributed by atoms with Crippen LogP contribution in [0.1, 0.15) is 61.4 Å². The van der Waals surface area contributed by atoms with Crippen LogP contribution in [0.15, 0.2) is 34.9 Å². The third-order valence-electron chi connectivity index (χ3n) is 4.90. The van der Waals surface area contributed by atoms with Crippen LogP contribution < -0.4 is 5.73 Å². The van der Waals surface area contributed by atoms with Crippen LogP contribution in [0.5, 0.6) is 0 Å². The van der Waals surface area contributed by atoms with Gasteiger partial charge in [0.05, 0.1) is 17.6 Å². The fourth-order valence-electron chi connectivity index (χ4n) is 3.37. The van der Waals surface area contributed by atoms with E-state index in [1.165, 1.54) is 0 Å². The molecule has 1 aromatic heterocycles. The fourth-order valence-corrected chi connectivity index (χ4v) is 3.37. The van der Waals surface area contributed by atoms with Crippen molar-refractivity contribution >= 4 is 0 Å². The van der Waals surface area contributed by atoms with Crippen LogP contribution in [0.4, 0.5) is 0 Å². The van der Waals surface area contributed by atoms with Crippen LogP contribution in [0.3, 0.4) is 0 Å². The second-order valence-electron chi connectivity index (χ2n) is 6.42. The zero-order valence-corrected chi connectivity index (χ0v) is 12.6. The van der Waals surface area contributed by atoms with Gasteiger partial charge in [0.15, 0.2) is 5.82 Å². The van der Waals surface area contributed by atoms with Crippen molar-refractivity contribution in [2.75, 3.05) is 6.61 Å².